The fourth-order valence-electron chi connectivity index (χ4n) is 2.97. The molecular weight excluding hydrogens is 270 g/mol. The number of carbonyl (C=O) groups is 1. The molecule has 7 nitrogen and oxygen atoms in total. The SMILES string of the molecule is CC(NC(=O)C1CCOCC1)c1nnc2n1CCNCC2. The van der Waals surface area contributed by atoms with E-state index in [1.54, 1.807) is 0 Å². The normalized spacial score (nSPS) is 21.4. The highest BCUT2D eigenvalue weighted by molar-refractivity contribution is 5.79. The van der Waals surface area contributed by atoms with E-state index in [2.05, 4.69) is 25.4 Å². The second-order valence-corrected chi connectivity index (χ2v) is 5.74. The molecule has 0 aromatic carbocycles. The van der Waals surface area contributed by atoms with Crippen molar-refractivity contribution in [3.8, 4) is 0 Å². The summed E-state index contributed by atoms with van der Waals surface area (Å²) in [7, 11) is 0. The number of aromatic nitrogens is 3. The highest BCUT2D eigenvalue weighted by Crippen LogP contribution is 2.18. The monoisotopic (exact) mass is 293 g/mol. The van der Waals surface area contributed by atoms with Crippen LogP contribution >= 0.6 is 0 Å². The van der Waals surface area contributed by atoms with E-state index < -0.39 is 0 Å². The smallest absolute Gasteiger partial charge is 0.223 e. The Kier molecular flexibility index (Phi) is 4.50. The van der Waals surface area contributed by atoms with Gasteiger partial charge in [-0.15, -0.1) is 10.2 Å². The number of carbonyl (C=O) groups excluding carboxylic acids is 1. The molecule has 2 aliphatic heterocycles. The number of hydrogen-bond acceptors (Lipinski definition) is 5. The number of rotatable bonds is 3. The molecule has 2 N–H and O–H groups in total. The summed E-state index contributed by atoms with van der Waals surface area (Å²) < 4.78 is 7.44. The summed E-state index contributed by atoms with van der Waals surface area (Å²) in [6.45, 7) is 6.04. The number of ether oxygens (including phenoxy) is 1. The van der Waals surface area contributed by atoms with Crippen LogP contribution in [0.25, 0.3) is 0 Å². The van der Waals surface area contributed by atoms with Crippen molar-refractivity contribution in [2.24, 2.45) is 5.92 Å². The molecule has 1 fully saturated rings. The molecule has 1 saturated heterocycles. The maximum Gasteiger partial charge on any atom is 0.223 e. The average molecular weight is 293 g/mol. The van der Waals surface area contributed by atoms with E-state index >= 15 is 0 Å². The van der Waals surface area contributed by atoms with Crippen molar-refractivity contribution in [3.63, 3.8) is 0 Å². The minimum atomic E-state index is -0.111. The lowest BCUT2D eigenvalue weighted by Gasteiger charge is -2.23. The van der Waals surface area contributed by atoms with Crippen molar-refractivity contribution in [2.45, 2.75) is 38.8 Å². The fraction of sp³-hybridized carbons (Fsp3) is 0.786. The molecule has 0 bridgehead atoms. The van der Waals surface area contributed by atoms with Crippen LogP contribution in [-0.2, 0) is 22.5 Å². The van der Waals surface area contributed by atoms with E-state index in [0.717, 1.165) is 50.5 Å². The average Bonchev–Trinajstić information content (AvgIpc) is 2.77. The van der Waals surface area contributed by atoms with E-state index in [1.807, 2.05) is 6.92 Å². The van der Waals surface area contributed by atoms with E-state index in [-0.39, 0.29) is 17.9 Å². The summed E-state index contributed by atoms with van der Waals surface area (Å²) >= 11 is 0. The van der Waals surface area contributed by atoms with Gasteiger partial charge in [0.15, 0.2) is 5.82 Å². The molecule has 116 valence electrons. The first-order valence-corrected chi connectivity index (χ1v) is 7.76. The third-order valence-electron chi connectivity index (χ3n) is 4.23. The first-order chi connectivity index (χ1) is 10.3. The van der Waals surface area contributed by atoms with Crippen molar-refractivity contribution in [1.82, 2.24) is 25.4 Å². The second-order valence-electron chi connectivity index (χ2n) is 5.74. The van der Waals surface area contributed by atoms with Gasteiger partial charge in [0.05, 0.1) is 6.04 Å². The Morgan fingerprint density at radius 1 is 1.38 bits per heavy atom. The molecule has 1 amide bonds. The van der Waals surface area contributed by atoms with Gasteiger partial charge in [-0.05, 0) is 19.8 Å². The highest BCUT2D eigenvalue weighted by Gasteiger charge is 2.25. The Morgan fingerprint density at radius 2 is 2.19 bits per heavy atom. The summed E-state index contributed by atoms with van der Waals surface area (Å²) in [6, 6.07) is -0.111. The molecule has 0 aliphatic carbocycles. The van der Waals surface area contributed by atoms with Crippen molar-refractivity contribution in [2.75, 3.05) is 26.3 Å². The molecule has 21 heavy (non-hydrogen) atoms. The van der Waals surface area contributed by atoms with Gasteiger partial charge in [0, 0.05) is 45.2 Å². The van der Waals surface area contributed by atoms with Crippen LogP contribution in [0.2, 0.25) is 0 Å². The molecule has 1 atom stereocenters. The van der Waals surface area contributed by atoms with Crippen molar-refractivity contribution >= 4 is 5.91 Å². The highest BCUT2D eigenvalue weighted by atomic mass is 16.5. The Bertz CT molecular complexity index is 496. The number of amides is 1. The Hall–Kier alpha value is -1.47. The van der Waals surface area contributed by atoms with Crippen LogP contribution in [0, 0.1) is 5.92 Å². The Balaban J connectivity index is 1.66. The topological polar surface area (TPSA) is 81.1 Å². The molecule has 3 heterocycles. The number of hydrogen-bond donors (Lipinski definition) is 2. The molecule has 1 unspecified atom stereocenters. The fourth-order valence-corrected chi connectivity index (χ4v) is 2.97. The van der Waals surface area contributed by atoms with Crippen molar-refractivity contribution in [3.05, 3.63) is 11.6 Å². The molecule has 0 radical (unpaired) electrons. The lowest BCUT2D eigenvalue weighted by molar-refractivity contribution is -0.128. The lowest BCUT2D eigenvalue weighted by Crippen LogP contribution is -2.36. The largest absolute Gasteiger partial charge is 0.381 e. The second kappa shape index (κ2) is 6.53. The zero-order chi connectivity index (χ0) is 14.7. The summed E-state index contributed by atoms with van der Waals surface area (Å²) in [5.41, 5.74) is 0. The van der Waals surface area contributed by atoms with Crippen LogP contribution in [0.1, 0.15) is 37.5 Å². The van der Waals surface area contributed by atoms with Gasteiger partial charge >= 0.3 is 0 Å². The number of nitrogens with zero attached hydrogens (tertiary/aromatic N) is 3. The Labute approximate surface area is 124 Å². The van der Waals surface area contributed by atoms with Gasteiger partial charge in [0.1, 0.15) is 5.82 Å². The first-order valence-electron chi connectivity index (χ1n) is 7.76. The number of nitrogens with one attached hydrogen (secondary N) is 2. The van der Waals surface area contributed by atoms with Crippen LogP contribution in [-0.4, -0.2) is 47.0 Å². The third kappa shape index (κ3) is 3.24. The van der Waals surface area contributed by atoms with Crippen LogP contribution in [0.4, 0.5) is 0 Å². The maximum atomic E-state index is 12.3. The molecule has 3 rings (SSSR count). The van der Waals surface area contributed by atoms with Crippen LogP contribution in [0.5, 0.6) is 0 Å². The summed E-state index contributed by atoms with van der Waals surface area (Å²) in [5.74, 6) is 2.03. The van der Waals surface area contributed by atoms with E-state index in [0.29, 0.717) is 13.2 Å². The van der Waals surface area contributed by atoms with Crippen LogP contribution in [0.15, 0.2) is 0 Å². The van der Waals surface area contributed by atoms with Gasteiger partial charge in [-0.25, -0.2) is 0 Å². The quantitative estimate of drug-likeness (QED) is 0.821. The molecule has 0 saturated carbocycles. The zero-order valence-corrected chi connectivity index (χ0v) is 12.5. The summed E-state index contributed by atoms with van der Waals surface area (Å²) in [6.07, 6.45) is 2.49. The standard InChI is InChI=1S/C14H23N5O2/c1-10(16-14(20)11-3-8-21-9-4-11)13-18-17-12-2-5-15-6-7-19(12)13/h10-11,15H,2-9H2,1H3,(H,16,20). The Morgan fingerprint density at radius 3 is 3.00 bits per heavy atom. The molecule has 2 aliphatic rings. The third-order valence-corrected chi connectivity index (χ3v) is 4.23. The lowest BCUT2D eigenvalue weighted by atomic mass is 9.99. The molecular formula is C14H23N5O2. The molecule has 1 aromatic rings. The summed E-state index contributed by atoms with van der Waals surface area (Å²) in [5, 5.41) is 15.0. The van der Waals surface area contributed by atoms with Gasteiger partial charge in [-0.1, -0.05) is 0 Å². The molecule has 1 aromatic heterocycles. The van der Waals surface area contributed by atoms with Crippen molar-refractivity contribution in [1.29, 1.82) is 0 Å². The van der Waals surface area contributed by atoms with E-state index in [9.17, 15) is 4.79 Å². The minimum absolute atomic E-state index is 0.0643. The summed E-state index contributed by atoms with van der Waals surface area (Å²) in [4.78, 5) is 12.3. The predicted octanol–water partition coefficient (Wildman–Crippen LogP) is 0.0276. The number of fused-ring (bicyclic) bond motifs is 1. The van der Waals surface area contributed by atoms with Crippen molar-refractivity contribution < 1.29 is 9.53 Å². The first kappa shape index (κ1) is 14.5. The van der Waals surface area contributed by atoms with E-state index in [4.69, 9.17) is 4.74 Å². The minimum Gasteiger partial charge on any atom is -0.381 e. The van der Waals surface area contributed by atoms with E-state index in [1.165, 1.54) is 0 Å². The van der Waals surface area contributed by atoms with Gasteiger partial charge in [-0.2, -0.15) is 0 Å². The van der Waals surface area contributed by atoms with Crippen LogP contribution in [0.3, 0.4) is 0 Å². The maximum absolute atomic E-state index is 12.3. The molecule has 7 heteroatoms. The van der Waals surface area contributed by atoms with Gasteiger partial charge < -0.3 is 19.9 Å². The van der Waals surface area contributed by atoms with Gasteiger partial charge in [0.25, 0.3) is 0 Å². The molecule has 0 spiro atoms. The zero-order valence-electron chi connectivity index (χ0n) is 12.5. The van der Waals surface area contributed by atoms with Crippen LogP contribution < -0.4 is 10.6 Å². The predicted molar refractivity (Wildman–Crippen MR) is 76.7 cm³/mol. The van der Waals surface area contributed by atoms with Gasteiger partial charge in [-0.3, -0.25) is 4.79 Å². The van der Waals surface area contributed by atoms with Gasteiger partial charge in [0.2, 0.25) is 5.91 Å².